The molecule has 3 heteroatoms. The Morgan fingerprint density at radius 2 is 1.78 bits per heavy atom. The van der Waals surface area contributed by atoms with Gasteiger partial charge in [-0.15, -0.1) is 11.6 Å². The molecule has 94 valence electrons. The van der Waals surface area contributed by atoms with Crippen molar-refractivity contribution in [3.8, 4) is 0 Å². The average Bonchev–Trinajstić information content (AvgIpc) is 2.32. The van der Waals surface area contributed by atoms with E-state index in [2.05, 4.69) is 48.0 Å². The largest absolute Gasteiger partial charge is 0.113 e. The lowest BCUT2D eigenvalue weighted by Gasteiger charge is -2.15. The molecule has 0 heterocycles. The zero-order chi connectivity index (χ0) is 13.3. The maximum atomic E-state index is 6.56. The standard InChI is InChI=1S/C15H13BrCl2/c1-9-6-7-11(10(2)8-9)14(17)12-4-3-5-13(16)15(12)18/h3-8,14H,1-2H3. The normalized spacial score (nSPS) is 12.5. The zero-order valence-corrected chi connectivity index (χ0v) is 13.3. The number of benzene rings is 2. The van der Waals surface area contributed by atoms with E-state index in [1.54, 1.807) is 0 Å². The topological polar surface area (TPSA) is 0 Å². The Hall–Kier alpha value is -0.500. The molecule has 2 rings (SSSR count). The third kappa shape index (κ3) is 2.74. The minimum absolute atomic E-state index is 0.226. The molecule has 0 saturated carbocycles. The maximum Gasteiger partial charge on any atom is 0.0852 e. The number of hydrogen-bond donors (Lipinski definition) is 0. The van der Waals surface area contributed by atoms with Crippen LogP contribution in [-0.2, 0) is 0 Å². The Kier molecular flexibility index (Phi) is 4.37. The molecular weight excluding hydrogens is 331 g/mol. The molecule has 0 radical (unpaired) electrons. The van der Waals surface area contributed by atoms with E-state index in [0.717, 1.165) is 15.6 Å². The van der Waals surface area contributed by atoms with Crippen LogP contribution in [0, 0.1) is 13.8 Å². The van der Waals surface area contributed by atoms with E-state index < -0.39 is 0 Å². The van der Waals surface area contributed by atoms with Gasteiger partial charge in [0.05, 0.1) is 10.4 Å². The fourth-order valence-electron chi connectivity index (χ4n) is 1.99. The first-order valence-electron chi connectivity index (χ1n) is 5.66. The molecule has 0 fully saturated rings. The van der Waals surface area contributed by atoms with Gasteiger partial charge in [0.2, 0.25) is 0 Å². The first kappa shape index (κ1) is 13.9. The van der Waals surface area contributed by atoms with Gasteiger partial charge in [0.25, 0.3) is 0 Å². The molecule has 0 bridgehead atoms. The predicted molar refractivity (Wildman–Crippen MR) is 82.8 cm³/mol. The summed E-state index contributed by atoms with van der Waals surface area (Å²) >= 11 is 16.3. The average molecular weight is 344 g/mol. The van der Waals surface area contributed by atoms with Crippen molar-refractivity contribution < 1.29 is 0 Å². The minimum Gasteiger partial charge on any atom is -0.113 e. The summed E-state index contributed by atoms with van der Waals surface area (Å²) in [7, 11) is 0. The van der Waals surface area contributed by atoms with Gasteiger partial charge in [0, 0.05) is 4.47 Å². The van der Waals surface area contributed by atoms with Crippen molar-refractivity contribution >= 4 is 39.1 Å². The first-order valence-corrected chi connectivity index (χ1v) is 7.26. The van der Waals surface area contributed by atoms with Crippen molar-refractivity contribution in [1.29, 1.82) is 0 Å². The van der Waals surface area contributed by atoms with Crippen LogP contribution in [0.25, 0.3) is 0 Å². The molecule has 0 aromatic heterocycles. The lowest BCUT2D eigenvalue weighted by Crippen LogP contribution is -1.98. The lowest BCUT2D eigenvalue weighted by atomic mass is 9.98. The first-order chi connectivity index (χ1) is 8.50. The second-order valence-electron chi connectivity index (χ2n) is 4.37. The van der Waals surface area contributed by atoms with Crippen LogP contribution in [0.5, 0.6) is 0 Å². The molecule has 0 nitrogen and oxygen atoms in total. The van der Waals surface area contributed by atoms with Crippen molar-refractivity contribution in [2.75, 3.05) is 0 Å². The molecule has 2 aromatic carbocycles. The molecule has 18 heavy (non-hydrogen) atoms. The highest BCUT2D eigenvalue weighted by Gasteiger charge is 2.17. The van der Waals surface area contributed by atoms with Gasteiger partial charge >= 0.3 is 0 Å². The van der Waals surface area contributed by atoms with Crippen LogP contribution in [0.1, 0.15) is 27.6 Å². The van der Waals surface area contributed by atoms with Crippen molar-refractivity contribution in [3.63, 3.8) is 0 Å². The van der Waals surface area contributed by atoms with Crippen LogP contribution in [0.2, 0.25) is 5.02 Å². The highest BCUT2D eigenvalue weighted by molar-refractivity contribution is 9.10. The number of aryl methyl sites for hydroxylation is 2. The molecule has 0 spiro atoms. The van der Waals surface area contributed by atoms with E-state index in [9.17, 15) is 0 Å². The molecular formula is C15H13BrCl2. The van der Waals surface area contributed by atoms with Crippen molar-refractivity contribution in [2.45, 2.75) is 19.2 Å². The van der Waals surface area contributed by atoms with Gasteiger partial charge in [0.1, 0.15) is 0 Å². The van der Waals surface area contributed by atoms with Crippen LogP contribution in [-0.4, -0.2) is 0 Å². The summed E-state index contributed by atoms with van der Waals surface area (Å²) in [5.74, 6) is 0. The van der Waals surface area contributed by atoms with E-state index in [1.807, 2.05) is 18.2 Å². The lowest BCUT2D eigenvalue weighted by molar-refractivity contribution is 1.10. The molecule has 2 aromatic rings. The molecule has 0 aliphatic rings. The summed E-state index contributed by atoms with van der Waals surface area (Å²) in [6.45, 7) is 4.15. The van der Waals surface area contributed by atoms with Crippen molar-refractivity contribution in [3.05, 3.63) is 68.1 Å². The summed E-state index contributed by atoms with van der Waals surface area (Å²) in [6.07, 6.45) is 0. The number of alkyl halides is 1. The van der Waals surface area contributed by atoms with Gasteiger partial charge in [-0.2, -0.15) is 0 Å². The van der Waals surface area contributed by atoms with Crippen LogP contribution < -0.4 is 0 Å². The quantitative estimate of drug-likeness (QED) is 0.582. The second kappa shape index (κ2) is 5.64. The Bertz CT molecular complexity index is 579. The van der Waals surface area contributed by atoms with Gasteiger partial charge in [-0.3, -0.25) is 0 Å². The van der Waals surface area contributed by atoms with Gasteiger partial charge < -0.3 is 0 Å². The Morgan fingerprint density at radius 1 is 1.06 bits per heavy atom. The summed E-state index contributed by atoms with van der Waals surface area (Å²) in [5.41, 5.74) is 4.45. The highest BCUT2D eigenvalue weighted by atomic mass is 79.9. The van der Waals surface area contributed by atoms with E-state index in [1.165, 1.54) is 11.1 Å². The molecule has 0 saturated heterocycles. The van der Waals surface area contributed by atoms with Crippen LogP contribution in [0.15, 0.2) is 40.9 Å². The fraction of sp³-hybridized carbons (Fsp3) is 0.200. The van der Waals surface area contributed by atoms with E-state index in [0.29, 0.717) is 5.02 Å². The molecule has 0 amide bonds. The summed E-state index contributed by atoms with van der Waals surface area (Å²) in [4.78, 5) is 0. The van der Waals surface area contributed by atoms with Crippen molar-refractivity contribution in [1.82, 2.24) is 0 Å². The third-order valence-electron chi connectivity index (χ3n) is 2.95. The van der Waals surface area contributed by atoms with Crippen LogP contribution in [0.3, 0.4) is 0 Å². The van der Waals surface area contributed by atoms with Crippen LogP contribution in [0.4, 0.5) is 0 Å². The summed E-state index contributed by atoms with van der Waals surface area (Å²) < 4.78 is 0.872. The van der Waals surface area contributed by atoms with Crippen molar-refractivity contribution in [2.24, 2.45) is 0 Å². The van der Waals surface area contributed by atoms with Gasteiger partial charge in [0.15, 0.2) is 0 Å². The van der Waals surface area contributed by atoms with Gasteiger partial charge in [-0.1, -0.05) is 47.5 Å². The second-order valence-corrected chi connectivity index (χ2v) is 6.03. The predicted octanol–water partition coefficient (Wildman–Crippen LogP) is 6.05. The Morgan fingerprint density at radius 3 is 2.44 bits per heavy atom. The molecule has 1 unspecified atom stereocenters. The smallest absolute Gasteiger partial charge is 0.0852 e. The molecule has 1 atom stereocenters. The SMILES string of the molecule is Cc1ccc(C(Cl)c2cccc(Br)c2Cl)c(C)c1. The minimum atomic E-state index is -0.226. The van der Waals surface area contributed by atoms with Crippen LogP contribution >= 0.6 is 39.1 Å². The molecule has 0 N–H and O–H groups in total. The third-order valence-corrected chi connectivity index (χ3v) is 4.73. The zero-order valence-electron chi connectivity index (χ0n) is 10.2. The van der Waals surface area contributed by atoms with Gasteiger partial charge in [-0.05, 0) is 52.5 Å². The summed E-state index contributed by atoms with van der Waals surface area (Å²) in [6, 6.07) is 12.1. The Balaban J connectivity index is 2.48. The number of halogens is 3. The van der Waals surface area contributed by atoms with E-state index in [-0.39, 0.29) is 5.38 Å². The Labute approximate surface area is 126 Å². The van der Waals surface area contributed by atoms with E-state index >= 15 is 0 Å². The van der Waals surface area contributed by atoms with Gasteiger partial charge in [-0.25, -0.2) is 0 Å². The fourth-order valence-corrected chi connectivity index (χ4v) is 3.09. The number of rotatable bonds is 2. The molecule has 0 aliphatic heterocycles. The monoisotopic (exact) mass is 342 g/mol. The molecule has 0 aliphatic carbocycles. The summed E-state index contributed by atoms with van der Waals surface area (Å²) in [5, 5.41) is 0.452. The highest BCUT2D eigenvalue weighted by Crippen LogP contribution is 2.38. The van der Waals surface area contributed by atoms with E-state index in [4.69, 9.17) is 23.2 Å². The maximum absolute atomic E-state index is 6.56. The number of hydrogen-bond acceptors (Lipinski definition) is 0.